The Morgan fingerprint density at radius 2 is 1.83 bits per heavy atom. The molecule has 1 saturated carbocycles. The van der Waals surface area contributed by atoms with Gasteiger partial charge in [0.1, 0.15) is 0 Å². The molecule has 2 rings (SSSR count). The maximum absolute atomic E-state index is 5.64. The van der Waals surface area contributed by atoms with Crippen molar-refractivity contribution in [3.05, 3.63) is 35.4 Å². The summed E-state index contributed by atoms with van der Waals surface area (Å²) in [4.78, 5) is 6.83. The van der Waals surface area contributed by atoms with E-state index in [1.807, 2.05) is 7.05 Å². The van der Waals surface area contributed by atoms with E-state index in [0.29, 0.717) is 11.5 Å². The highest BCUT2D eigenvalue weighted by atomic mass is 127. The standard InChI is InChI=1S/C24H42N4O.HI/c1-6-29-16-15-24(13-9-10-14-24)19-27-23(25-4)26-17-21-11-7-8-12-22(21)18-28(5)20(2)3;/h7-8,11-12,20H,6,9-10,13-19H2,1-5H3,(H2,25,26,27);1H. The fraction of sp³-hybridized carbons (Fsp3) is 0.708. The fourth-order valence-corrected chi connectivity index (χ4v) is 4.08. The molecule has 0 radical (unpaired) electrons. The first-order valence-corrected chi connectivity index (χ1v) is 11.3. The van der Waals surface area contributed by atoms with Crippen LogP contribution < -0.4 is 10.6 Å². The maximum Gasteiger partial charge on any atom is 0.191 e. The van der Waals surface area contributed by atoms with Gasteiger partial charge in [-0.1, -0.05) is 37.1 Å². The third-order valence-electron chi connectivity index (χ3n) is 6.37. The molecule has 5 nitrogen and oxygen atoms in total. The molecule has 0 saturated heterocycles. The summed E-state index contributed by atoms with van der Waals surface area (Å²) in [5.41, 5.74) is 3.05. The predicted octanol–water partition coefficient (Wildman–Crippen LogP) is 4.80. The summed E-state index contributed by atoms with van der Waals surface area (Å²) < 4.78 is 5.64. The minimum atomic E-state index is 0. The maximum atomic E-state index is 5.64. The average Bonchev–Trinajstić information content (AvgIpc) is 3.18. The first-order valence-electron chi connectivity index (χ1n) is 11.3. The van der Waals surface area contributed by atoms with Crippen LogP contribution in [0.1, 0.15) is 64.0 Å². The number of rotatable bonds is 11. The van der Waals surface area contributed by atoms with Crippen LogP contribution in [0.15, 0.2) is 29.3 Å². The van der Waals surface area contributed by atoms with Gasteiger partial charge in [0.25, 0.3) is 0 Å². The van der Waals surface area contributed by atoms with Gasteiger partial charge in [-0.15, -0.1) is 24.0 Å². The number of hydrogen-bond acceptors (Lipinski definition) is 3. The topological polar surface area (TPSA) is 48.9 Å². The van der Waals surface area contributed by atoms with Crippen LogP contribution in [0, 0.1) is 5.41 Å². The Kier molecular flexibility index (Phi) is 12.9. The molecule has 1 aromatic rings. The van der Waals surface area contributed by atoms with Crippen molar-refractivity contribution in [1.82, 2.24) is 15.5 Å². The minimum Gasteiger partial charge on any atom is -0.382 e. The molecular formula is C24H43IN4O. The number of hydrogen-bond donors (Lipinski definition) is 2. The van der Waals surface area contributed by atoms with Gasteiger partial charge in [-0.25, -0.2) is 0 Å². The van der Waals surface area contributed by atoms with Gasteiger partial charge < -0.3 is 15.4 Å². The van der Waals surface area contributed by atoms with E-state index in [1.54, 1.807) is 0 Å². The predicted molar refractivity (Wildman–Crippen MR) is 139 cm³/mol. The van der Waals surface area contributed by atoms with Crippen molar-refractivity contribution >= 4 is 29.9 Å². The Hall–Kier alpha value is -0.860. The summed E-state index contributed by atoms with van der Waals surface area (Å²) in [5, 5.41) is 7.13. The van der Waals surface area contributed by atoms with Crippen LogP contribution in [0.4, 0.5) is 0 Å². The van der Waals surface area contributed by atoms with E-state index in [4.69, 9.17) is 4.74 Å². The number of nitrogens with zero attached hydrogens (tertiary/aromatic N) is 2. The summed E-state index contributed by atoms with van der Waals surface area (Å²) in [6, 6.07) is 9.22. The molecule has 0 amide bonds. The lowest BCUT2D eigenvalue weighted by Crippen LogP contribution is -2.43. The van der Waals surface area contributed by atoms with Gasteiger partial charge in [0, 0.05) is 45.9 Å². The first-order chi connectivity index (χ1) is 14.0. The molecule has 1 fully saturated rings. The number of halogens is 1. The number of nitrogens with one attached hydrogen (secondary N) is 2. The fourth-order valence-electron chi connectivity index (χ4n) is 4.08. The zero-order chi connectivity index (χ0) is 21.1. The second kappa shape index (κ2) is 14.2. The zero-order valence-corrected chi connectivity index (χ0v) is 22.0. The monoisotopic (exact) mass is 530 g/mol. The first kappa shape index (κ1) is 27.2. The third-order valence-corrected chi connectivity index (χ3v) is 6.37. The number of benzene rings is 1. The van der Waals surface area contributed by atoms with Crippen molar-refractivity contribution in [2.45, 2.75) is 72.0 Å². The highest BCUT2D eigenvalue weighted by Crippen LogP contribution is 2.40. The van der Waals surface area contributed by atoms with Gasteiger partial charge in [0.15, 0.2) is 5.96 Å². The molecule has 6 heteroatoms. The minimum absolute atomic E-state index is 0. The number of ether oxygens (including phenoxy) is 1. The molecule has 0 aliphatic heterocycles. The van der Waals surface area contributed by atoms with Crippen LogP contribution in [0.5, 0.6) is 0 Å². The second-order valence-corrected chi connectivity index (χ2v) is 8.71. The normalized spacial score (nSPS) is 16.0. The Morgan fingerprint density at radius 3 is 2.43 bits per heavy atom. The highest BCUT2D eigenvalue weighted by Gasteiger charge is 2.33. The van der Waals surface area contributed by atoms with Gasteiger partial charge in [-0.05, 0) is 63.6 Å². The molecule has 30 heavy (non-hydrogen) atoms. The van der Waals surface area contributed by atoms with Crippen molar-refractivity contribution < 1.29 is 4.74 Å². The van der Waals surface area contributed by atoms with Crippen molar-refractivity contribution in [1.29, 1.82) is 0 Å². The average molecular weight is 531 g/mol. The molecule has 0 unspecified atom stereocenters. The Bertz CT molecular complexity index is 629. The summed E-state index contributed by atoms with van der Waals surface area (Å²) in [6.45, 7) is 10.9. The van der Waals surface area contributed by atoms with Gasteiger partial charge in [0.2, 0.25) is 0 Å². The molecule has 0 atom stereocenters. The van der Waals surface area contributed by atoms with E-state index in [0.717, 1.165) is 45.2 Å². The third kappa shape index (κ3) is 8.71. The summed E-state index contributed by atoms with van der Waals surface area (Å²) in [5.74, 6) is 0.889. The Labute approximate surface area is 201 Å². The van der Waals surface area contributed by atoms with Crippen LogP contribution >= 0.6 is 24.0 Å². The number of aliphatic imine (C=N–C) groups is 1. The number of guanidine groups is 1. The van der Waals surface area contributed by atoms with Crippen LogP contribution in [0.3, 0.4) is 0 Å². The molecular weight excluding hydrogens is 487 g/mol. The van der Waals surface area contributed by atoms with Gasteiger partial charge in [-0.2, -0.15) is 0 Å². The molecule has 1 aliphatic carbocycles. The summed E-state index contributed by atoms with van der Waals surface area (Å²) in [7, 11) is 4.04. The van der Waals surface area contributed by atoms with E-state index in [2.05, 4.69) is 72.6 Å². The summed E-state index contributed by atoms with van der Waals surface area (Å²) in [6.07, 6.45) is 6.37. The SMILES string of the molecule is CCOCCC1(CNC(=NC)NCc2ccccc2CN(C)C(C)C)CCCC1.I. The Balaban J connectivity index is 0.00000450. The van der Waals surface area contributed by atoms with Crippen molar-refractivity contribution in [3.8, 4) is 0 Å². The van der Waals surface area contributed by atoms with Gasteiger partial charge in [-0.3, -0.25) is 9.89 Å². The van der Waals surface area contributed by atoms with Crippen LogP contribution in [-0.2, 0) is 17.8 Å². The van der Waals surface area contributed by atoms with Crippen LogP contribution in [0.25, 0.3) is 0 Å². The summed E-state index contributed by atoms with van der Waals surface area (Å²) >= 11 is 0. The van der Waals surface area contributed by atoms with Crippen LogP contribution in [0.2, 0.25) is 0 Å². The van der Waals surface area contributed by atoms with E-state index in [-0.39, 0.29) is 24.0 Å². The van der Waals surface area contributed by atoms with Crippen molar-refractivity contribution in [2.24, 2.45) is 10.4 Å². The lowest BCUT2D eigenvalue weighted by Gasteiger charge is -2.30. The molecule has 0 heterocycles. The second-order valence-electron chi connectivity index (χ2n) is 8.71. The molecule has 0 aromatic heterocycles. The lowest BCUT2D eigenvalue weighted by molar-refractivity contribution is 0.105. The quantitative estimate of drug-likeness (QED) is 0.187. The Morgan fingerprint density at radius 1 is 1.17 bits per heavy atom. The lowest BCUT2D eigenvalue weighted by atomic mass is 9.83. The zero-order valence-electron chi connectivity index (χ0n) is 19.7. The van der Waals surface area contributed by atoms with Crippen molar-refractivity contribution in [2.75, 3.05) is 33.9 Å². The van der Waals surface area contributed by atoms with Crippen molar-refractivity contribution in [3.63, 3.8) is 0 Å². The van der Waals surface area contributed by atoms with E-state index in [9.17, 15) is 0 Å². The largest absolute Gasteiger partial charge is 0.382 e. The molecule has 0 spiro atoms. The molecule has 172 valence electrons. The highest BCUT2D eigenvalue weighted by molar-refractivity contribution is 14.0. The smallest absolute Gasteiger partial charge is 0.191 e. The molecule has 1 aliphatic rings. The van der Waals surface area contributed by atoms with E-state index < -0.39 is 0 Å². The molecule has 1 aromatic carbocycles. The van der Waals surface area contributed by atoms with Crippen LogP contribution in [-0.4, -0.2) is 50.8 Å². The van der Waals surface area contributed by atoms with E-state index in [1.165, 1.54) is 36.8 Å². The molecule has 0 bridgehead atoms. The van der Waals surface area contributed by atoms with Gasteiger partial charge >= 0.3 is 0 Å². The van der Waals surface area contributed by atoms with Gasteiger partial charge in [0.05, 0.1) is 0 Å². The van der Waals surface area contributed by atoms with E-state index >= 15 is 0 Å². The molecule has 2 N–H and O–H groups in total.